The van der Waals surface area contributed by atoms with E-state index in [1.54, 1.807) is 24.3 Å². The van der Waals surface area contributed by atoms with E-state index >= 15 is 0 Å². The van der Waals surface area contributed by atoms with Crippen molar-refractivity contribution >= 4 is 23.4 Å². The van der Waals surface area contributed by atoms with Gasteiger partial charge in [-0.25, -0.2) is 0 Å². The third kappa shape index (κ3) is 4.46. The minimum absolute atomic E-state index is 0.169. The minimum atomic E-state index is -0.169. The number of thioether (sulfide) groups is 1. The van der Waals surface area contributed by atoms with Gasteiger partial charge >= 0.3 is 0 Å². The van der Waals surface area contributed by atoms with Gasteiger partial charge in [-0.2, -0.15) is 5.26 Å². The van der Waals surface area contributed by atoms with Crippen molar-refractivity contribution in [3.63, 3.8) is 0 Å². The van der Waals surface area contributed by atoms with Gasteiger partial charge in [-0.05, 0) is 24.3 Å². The number of aromatic nitrogens is 2. The van der Waals surface area contributed by atoms with Crippen molar-refractivity contribution in [3.05, 3.63) is 60.2 Å². The molecule has 0 saturated carbocycles. The predicted octanol–water partition coefficient (Wildman–Crippen LogP) is 3.73. The molecule has 0 aliphatic rings. The van der Waals surface area contributed by atoms with E-state index in [2.05, 4.69) is 15.5 Å². The second kappa shape index (κ2) is 8.13. The normalized spacial score (nSPS) is 10.2. The molecular weight excluding hydrogens is 336 g/mol. The van der Waals surface area contributed by atoms with Gasteiger partial charge in [-0.3, -0.25) is 4.79 Å². The maximum atomic E-state index is 12.0. The van der Waals surface area contributed by atoms with Gasteiger partial charge in [0.1, 0.15) is 6.07 Å². The second-order valence-electron chi connectivity index (χ2n) is 5.04. The van der Waals surface area contributed by atoms with Gasteiger partial charge in [0.05, 0.1) is 11.3 Å². The van der Waals surface area contributed by atoms with Gasteiger partial charge in [0.2, 0.25) is 11.8 Å². The SMILES string of the molecule is N#Cc1ccccc1NC(=O)CCSc1nnc(-c2ccccc2)o1. The summed E-state index contributed by atoms with van der Waals surface area (Å²) in [5, 5.41) is 20.1. The molecule has 0 saturated heterocycles. The fourth-order valence-electron chi connectivity index (χ4n) is 2.10. The van der Waals surface area contributed by atoms with Gasteiger partial charge in [0, 0.05) is 17.7 Å². The molecule has 6 nitrogen and oxygen atoms in total. The largest absolute Gasteiger partial charge is 0.411 e. The van der Waals surface area contributed by atoms with Crippen molar-refractivity contribution in [3.8, 4) is 17.5 Å². The smallest absolute Gasteiger partial charge is 0.276 e. The Morgan fingerprint density at radius 1 is 1.12 bits per heavy atom. The number of nitrogens with zero attached hydrogens (tertiary/aromatic N) is 3. The van der Waals surface area contributed by atoms with E-state index in [0.29, 0.717) is 28.1 Å². The van der Waals surface area contributed by atoms with Gasteiger partial charge in [-0.15, -0.1) is 10.2 Å². The van der Waals surface area contributed by atoms with Crippen molar-refractivity contribution in [2.75, 3.05) is 11.1 Å². The van der Waals surface area contributed by atoms with Crippen LogP contribution in [-0.4, -0.2) is 21.9 Å². The summed E-state index contributed by atoms with van der Waals surface area (Å²) in [6.45, 7) is 0. The molecule has 0 unspecified atom stereocenters. The molecule has 25 heavy (non-hydrogen) atoms. The first-order valence-corrected chi connectivity index (χ1v) is 8.55. The van der Waals surface area contributed by atoms with Gasteiger partial charge in [0.15, 0.2) is 0 Å². The van der Waals surface area contributed by atoms with Crippen molar-refractivity contribution in [2.24, 2.45) is 0 Å². The highest BCUT2D eigenvalue weighted by molar-refractivity contribution is 7.99. The van der Waals surface area contributed by atoms with E-state index in [0.717, 1.165) is 5.56 Å². The molecular formula is C18H14N4O2S. The number of hydrogen-bond acceptors (Lipinski definition) is 6. The summed E-state index contributed by atoms with van der Waals surface area (Å²) < 4.78 is 5.57. The van der Waals surface area contributed by atoms with Crippen molar-refractivity contribution in [1.82, 2.24) is 10.2 Å². The molecule has 0 radical (unpaired) electrons. The summed E-state index contributed by atoms with van der Waals surface area (Å²) in [4.78, 5) is 12.0. The number of para-hydroxylation sites is 1. The predicted molar refractivity (Wildman–Crippen MR) is 94.9 cm³/mol. The summed E-state index contributed by atoms with van der Waals surface area (Å²) in [6.07, 6.45) is 0.271. The Labute approximate surface area is 148 Å². The van der Waals surface area contributed by atoms with E-state index < -0.39 is 0 Å². The Hall–Kier alpha value is -3.11. The number of rotatable bonds is 6. The van der Waals surface area contributed by atoms with Crippen LogP contribution < -0.4 is 5.32 Å². The maximum Gasteiger partial charge on any atom is 0.276 e. The lowest BCUT2D eigenvalue weighted by Gasteiger charge is -2.05. The number of nitrogens with one attached hydrogen (secondary N) is 1. The van der Waals surface area contributed by atoms with Crippen LogP contribution in [0.4, 0.5) is 5.69 Å². The molecule has 1 amide bonds. The van der Waals surface area contributed by atoms with Crippen LogP contribution in [0, 0.1) is 11.3 Å². The number of amides is 1. The summed E-state index contributed by atoms with van der Waals surface area (Å²) in [7, 11) is 0. The number of carbonyl (C=O) groups is 1. The van der Waals surface area contributed by atoms with Gasteiger partial charge in [-0.1, -0.05) is 42.1 Å². The molecule has 0 atom stereocenters. The maximum absolute atomic E-state index is 12.0. The Bertz CT molecular complexity index is 903. The topological polar surface area (TPSA) is 91.8 Å². The van der Waals surface area contributed by atoms with E-state index in [-0.39, 0.29) is 12.3 Å². The Kier molecular flexibility index (Phi) is 5.44. The number of carbonyl (C=O) groups excluding carboxylic acids is 1. The first kappa shape index (κ1) is 16.7. The first-order valence-electron chi connectivity index (χ1n) is 7.57. The lowest BCUT2D eigenvalue weighted by atomic mass is 10.2. The molecule has 1 aromatic heterocycles. The average molecular weight is 350 g/mol. The molecule has 3 rings (SSSR count). The highest BCUT2D eigenvalue weighted by atomic mass is 32.2. The van der Waals surface area contributed by atoms with Crippen LogP contribution in [0.2, 0.25) is 0 Å². The van der Waals surface area contributed by atoms with Crippen LogP contribution in [0.25, 0.3) is 11.5 Å². The number of benzene rings is 2. The Morgan fingerprint density at radius 3 is 2.68 bits per heavy atom. The number of anilines is 1. The minimum Gasteiger partial charge on any atom is -0.411 e. The van der Waals surface area contributed by atoms with Gasteiger partial charge < -0.3 is 9.73 Å². The average Bonchev–Trinajstić information content (AvgIpc) is 3.12. The molecule has 0 bridgehead atoms. The lowest BCUT2D eigenvalue weighted by Crippen LogP contribution is -2.13. The fraction of sp³-hybridized carbons (Fsp3) is 0.111. The zero-order chi connectivity index (χ0) is 17.5. The van der Waals surface area contributed by atoms with E-state index in [1.807, 2.05) is 36.4 Å². The molecule has 0 spiro atoms. The number of hydrogen-bond donors (Lipinski definition) is 1. The van der Waals surface area contributed by atoms with Crippen molar-refractivity contribution in [2.45, 2.75) is 11.6 Å². The van der Waals surface area contributed by atoms with Crippen LogP contribution in [0.15, 0.2) is 64.2 Å². The van der Waals surface area contributed by atoms with Gasteiger partial charge in [0.25, 0.3) is 5.22 Å². The molecule has 0 aliphatic heterocycles. The lowest BCUT2D eigenvalue weighted by molar-refractivity contribution is -0.115. The molecule has 1 heterocycles. The van der Waals surface area contributed by atoms with Crippen LogP contribution >= 0.6 is 11.8 Å². The zero-order valence-corrected chi connectivity index (χ0v) is 14.0. The molecule has 0 fully saturated rings. The monoisotopic (exact) mass is 350 g/mol. The Morgan fingerprint density at radius 2 is 1.88 bits per heavy atom. The molecule has 0 aliphatic carbocycles. The molecule has 3 aromatic rings. The summed E-state index contributed by atoms with van der Waals surface area (Å²) >= 11 is 1.32. The van der Waals surface area contributed by atoms with Crippen LogP contribution in [0.1, 0.15) is 12.0 Å². The van der Waals surface area contributed by atoms with Crippen molar-refractivity contribution < 1.29 is 9.21 Å². The molecule has 1 N–H and O–H groups in total. The van der Waals surface area contributed by atoms with E-state index in [9.17, 15) is 4.79 Å². The van der Waals surface area contributed by atoms with Crippen LogP contribution in [-0.2, 0) is 4.79 Å². The third-order valence-electron chi connectivity index (χ3n) is 3.30. The molecule has 7 heteroatoms. The quantitative estimate of drug-likeness (QED) is 0.681. The third-order valence-corrected chi connectivity index (χ3v) is 4.12. The summed E-state index contributed by atoms with van der Waals surface area (Å²) in [5.41, 5.74) is 1.81. The van der Waals surface area contributed by atoms with E-state index in [4.69, 9.17) is 9.68 Å². The van der Waals surface area contributed by atoms with Crippen molar-refractivity contribution in [1.29, 1.82) is 5.26 Å². The zero-order valence-electron chi connectivity index (χ0n) is 13.2. The second-order valence-corrected chi connectivity index (χ2v) is 6.09. The summed E-state index contributed by atoms with van der Waals surface area (Å²) in [6, 6.07) is 18.4. The highest BCUT2D eigenvalue weighted by Crippen LogP contribution is 2.23. The standard InChI is InChI=1S/C18H14N4O2S/c19-12-14-8-4-5-9-15(14)20-16(23)10-11-25-18-22-21-17(24-18)13-6-2-1-3-7-13/h1-9H,10-11H2,(H,20,23). The Balaban J connectivity index is 1.51. The van der Waals surface area contributed by atoms with E-state index in [1.165, 1.54) is 11.8 Å². The molecule has 2 aromatic carbocycles. The first-order chi connectivity index (χ1) is 12.3. The number of nitriles is 1. The summed E-state index contributed by atoms with van der Waals surface area (Å²) in [5.74, 6) is 0.783. The van der Waals surface area contributed by atoms with Crippen LogP contribution in [0.3, 0.4) is 0 Å². The highest BCUT2D eigenvalue weighted by Gasteiger charge is 2.10. The molecule has 124 valence electrons. The van der Waals surface area contributed by atoms with Crippen LogP contribution in [0.5, 0.6) is 0 Å². The fourth-order valence-corrected chi connectivity index (χ4v) is 2.80.